The van der Waals surface area contributed by atoms with E-state index < -0.39 is 0 Å². The molecule has 1 aromatic heterocycles. The Morgan fingerprint density at radius 1 is 1.10 bits per heavy atom. The Morgan fingerprint density at radius 3 is 2.48 bits per heavy atom. The number of pyridine rings is 1. The molecule has 4 rings (SSSR count). The third-order valence-electron chi connectivity index (χ3n) is 6.79. The fourth-order valence-electron chi connectivity index (χ4n) is 5.27. The molecule has 2 aromatic rings. The van der Waals surface area contributed by atoms with E-state index in [-0.39, 0.29) is 23.8 Å². The lowest BCUT2D eigenvalue weighted by Gasteiger charge is -2.30. The van der Waals surface area contributed by atoms with E-state index in [9.17, 15) is 9.59 Å². The van der Waals surface area contributed by atoms with Crippen molar-refractivity contribution in [3.8, 4) is 0 Å². The van der Waals surface area contributed by atoms with E-state index in [2.05, 4.69) is 51.6 Å². The van der Waals surface area contributed by atoms with Crippen LogP contribution in [0.2, 0.25) is 0 Å². The van der Waals surface area contributed by atoms with Crippen molar-refractivity contribution in [2.45, 2.75) is 33.6 Å². The van der Waals surface area contributed by atoms with Gasteiger partial charge in [-0.2, -0.15) is 0 Å². The lowest BCUT2D eigenvalue weighted by molar-refractivity contribution is -0.132. The minimum absolute atomic E-state index is 0.0193. The third kappa shape index (κ3) is 4.73. The van der Waals surface area contributed by atoms with Crippen LogP contribution >= 0.6 is 0 Å². The van der Waals surface area contributed by atoms with E-state index in [1.807, 2.05) is 24.8 Å². The Balaban J connectivity index is 1.53. The van der Waals surface area contributed by atoms with Gasteiger partial charge in [-0.3, -0.25) is 14.6 Å². The summed E-state index contributed by atoms with van der Waals surface area (Å²) in [5.74, 6) is 0.276. The molecule has 2 aliphatic heterocycles. The summed E-state index contributed by atoms with van der Waals surface area (Å²) >= 11 is 0. The van der Waals surface area contributed by atoms with Crippen LogP contribution in [0.3, 0.4) is 0 Å². The molecule has 6 heteroatoms. The Bertz CT molecular complexity index is 941. The van der Waals surface area contributed by atoms with Gasteiger partial charge in [0.1, 0.15) is 0 Å². The summed E-state index contributed by atoms with van der Waals surface area (Å²) < 4.78 is 0. The highest BCUT2D eigenvalue weighted by Gasteiger charge is 2.53. The van der Waals surface area contributed by atoms with Gasteiger partial charge in [0, 0.05) is 61.5 Å². The number of hydrogen-bond donors (Lipinski definition) is 1. The third-order valence-corrected chi connectivity index (χ3v) is 6.79. The molecule has 0 unspecified atom stereocenters. The van der Waals surface area contributed by atoms with Crippen LogP contribution in [-0.4, -0.2) is 54.4 Å². The number of anilines is 1. The average molecular weight is 421 g/mol. The van der Waals surface area contributed by atoms with Crippen LogP contribution in [0.15, 0.2) is 42.5 Å². The van der Waals surface area contributed by atoms with E-state index in [4.69, 9.17) is 0 Å². The molecule has 2 amide bonds. The number of fused-ring (bicyclic) bond motifs is 1. The molecule has 0 saturated carbocycles. The molecule has 3 heterocycles. The van der Waals surface area contributed by atoms with Crippen molar-refractivity contribution in [1.82, 2.24) is 15.2 Å². The van der Waals surface area contributed by atoms with Gasteiger partial charge in [0.15, 0.2) is 0 Å². The summed E-state index contributed by atoms with van der Waals surface area (Å²) in [5, 5.41) is 2.66. The van der Waals surface area contributed by atoms with Gasteiger partial charge in [-0.25, -0.2) is 0 Å². The van der Waals surface area contributed by atoms with Gasteiger partial charge >= 0.3 is 0 Å². The number of aryl methyl sites for hydroxylation is 3. The second kappa shape index (κ2) is 8.69. The van der Waals surface area contributed by atoms with E-state index in [0.717, 1.165) is 50.4 Å². The minimum Gasteiger partial charge on any atom is -0.370 e. The SMILES string of the molecule is CC(=O)NCC(=O)N1C[C@@H]2CN(c3cc(C)nc(C)c3)C[C@]2(CCc2ccccc2)C1. The summed E-state index contributed by atoms with van der Waals surface area (Å²) in [7, 11) is 0. The Kier molecular flexibility index (Phi) is 5.99. The topological polar surface area (TPSA) is 65.5 Å². The predicted octanol–water partition coefficient (Wildman–Crippen LogP) is 2.73. The molecule has 0 aliphatic carbocycles. The van der Waals surface area contributed by atoms with Crippen molar-refractivity contribution in [2.75, 3.05) is 37.6 Å². The molecule has 0 bridgehead atoms. The van der Waals surface area contributed by atoms with Gasteiger partial charge in [0.2, 0.25) is 11.8 Å². The highest BCUT2D eigenvalue weighted by molar-refractivity contribution is 5.84. The highest BCUT2D eigenvalue weighted by atomic mass is 16.2. The zero-order valence-electron chi connectivity index (χ0n) is 18.7. The van der Waals surface area contributed by atoms with E-state index in [1.54, 1.807) is 0 Å². The average Bonchev–Trinajstić information content (AvgIpc) is 3.25. The monoisotopic (exact) mass is 420 g/mol. The summed E-state index contributed by atoms with van der Waals surface area (Å²) in [4.78, 5) is 32.9. The molecule has 2 aliphatic rings. The molecule has 2 atom stereocenters. The molecule has 2 saturated heterocycles. The smallest absolute Gasteiger partial charge is 0.241 e. The van der Waals surface area contributed by atoms with Crippen LogP contribution in [0.4, 0.5) is 5.69 Å². The van der Waals surface area contributed by atoms with E-state index in [0.29, 0.717) is 5.92 Å². The molecule has 0 spiro atoms. The lowest BCUT2D eigenvalue weighted by Crippen LogP contribution is -2.41. The maximum absolute atomic E-state index is 12.7. The number of likely N-dealkylation sites (tertiary alicyclic amines) is 1. The number of carbonyl (C=O) groups is 2. The van der Waals surface area contributed by atoms with Crippen molar-refractivity contribution >= 4 is 17.5 Å². The standard InChI is InChI=1S/C25H32N4O2/c1-18-11-23(12-19(2)27-18)28-14-22-15-29(24(31)13-26-20(3)30)17-25(22,16-28)10-9-21-7-5-4-6-8-21/h4-8,11-12,22H,9-10,13-17H2,1-3H3,(H,26,30)/t22-,25+/m0/s1. The molecular weight excluding hydrogens is 388 g/mol. The number of carbonyl (C=O) groups excluding carboxylic acids is 2. The van der Waals surface area contributed by atoms with Crippen molar-refractivity contribution in [3.63, 3.8) is 0 Å². The number of nitrogens with zero attached hydrogens (tertiary/aromatic N) is 3. The van der Waals surface area contributed by atoms with Crippen molar-refractivity contribution in [1.29, 1.82) is 0 Å². The lowest BCUT2D eigenvalue weighted by atomic mass is 9.76. The molecule has 0 radical (unpaired) electrons. The van der Waals surface area contributed by atoms with Gasteiger partial charge in [-0.05, 0) is 44.4 Å². The first-order chi connectivity index (χ1) is 14.8. The second-order valence-electron chi connectivity index (χ2n) is 9.22. The zero-order valence-corrected chi connectivity index (χ0v) is 18.7. The van der Waals surface area contributed by atoms with E-state index >= 15 is 0 Å². The molecule has 6 nitrogen and oxygen atoms in total. The maximum Gasteiger partial charge on any atom is 0.241 e. The van der Waals surface area contributed by atoms with Crippen molar-refractivity contribution in [3.05, 3.63) is 59.4 Å². The van der Waals surface area contributed by atoms with Crippen LogP contribution in [0.1, 0.15) is 30.3 Å². The quantitative estimate of drug-likeness (QED) is 0.780. The van der Waals surface area contributed by atoms with Gasteiger partial charge in [0.05, 0.1) is 6.54 Å². The molecule has 164 valence electrons. The minimum atomic E-state index is -0.166. The van der Waals surface area contributed by atoms with Crippen molar-refractivity contribution in [2.24, 2.45) is 11.3 Å². The number of benzene rings is 1. The van der Waals surface area contributed by atoms with Crippen LogP contribution in [0.25, 0.3) is 0 Å². The fraction of sp³-hybridized carbons (Fsp3) is 0.480. The molecule has 2 fully saturated rings. The maximum atomic E-state index is 12.7. The molecule has 1 aromatic carbocycles. The van der Waals surface area contributed by atoms with Gasteiger partial charge in [-0.1, -0.05) is 30.3 Å². The predicted molar refractivity (Wildman–Crippen MR) is 122 cm³/mol. The van der Waals surface area contributed by atoms with Gasteiger partial charge in [0.25, 0.3) is 0 Å². The van der Waals surface area contributed by atoms with Crippen molar-refractivity contribution < 1.29 is 9.59 Å². The molecule has 1 N–H and O–H groups in total. The number of amides is 2. The van der Waals surface area contributed by atoms with Crippen LogP contribution < -0.4 is 10.2 Å². The van der Waals surface area contributed by atoms with Gasteiger partial charge < -0.3 is 15.1 Å². The fourth-order valence-corrected chi connectivity index (χ4v) is 5.27. The molecule has 31 heavy (non-hydrogen) atoms. The Morgan fingerprint density at radius 2 is 1.81 bits per heavy atom. The second-order valence-corrected chi connectivity index (χ2v) is 9.22. The summed E-state index contributed by atoms with van der Waals surface area (Å²) in [5.41, 5.74) is 4.71. The number of aromatic nitrogens is 1. The Hall–Kier alpha value is -2.89. The summed E-state index contributed by atoms with van der Waals surface area (Å²) in [6, 6.07) is 14.9. The van der Waals surface area contributed by atoms with E-state index in [1.165, 1.54) is 18.2 Å². The van der Waals surface area contributed by atoms with Crippen LogP contribution in [-0.2, 0) is 16.0 Å². The summed E-state index contributed by atoms with van der Waals surface area (Å²) in [6.45, 7) is 9.02. The number of hydrogen-bond acceptors (Lipinski definition) is 4. The number of nitrogens with one attached hydrogen (secondary N) is 1. The normalized spacial score (nSPS) is 22.5. The number of rotatable bonds is 6. The summed E-state index contributed by atoms with van der Waals surface area (Å²) in [6.07, 6.45) is 2.05. The van der Waals surface area contributed by atoms with Gasteiger partial charge in [-0.15, -0.1) is 0 Å². The van der Waals surface area contributed by atoms with Crippen LogP contribution in [0.5, 0.6) is 0 Å². The first-order valence-electron chi connectivity index (χ1n) is 11.1. The largest absolute Gasteiger partial charge is 0.370 e. The first kappa shape index (κ1) is 21.3. The van der Waals surface area contributed by atoms with Crippen LogP contribution in [0, 0.1) is 25.2 Å². The Labute approximate surface area is 184 Å². The zero-order chi connectivity index (χ0) is 22.0. The highest BCUT2D eigenvalue weighted by Crippen LogP contribution is 2.47. The first-order valence-corrected chi connectivity index (χ1v) is 11.1. The molecular formula is C25H32N4O2.